The van der Waals surface area contributed by atoms with E-state index in [9.17, 15) is 0 Å². The van der Waals surface area contributed by atoms with Gasteiger partial charge < -0.3 is 0 Å². The molecule has 8 heteroatoms. The first kappa shape index (κ1) is 17.1. The van der Waals surface area contributed by atoms with Gasteiger partial charge in [-0.25, -0.2) is 0 Å². The van der Waals surface area contributed by atoms with Gasteiger partial charge in [0.1, 0.15) is 0 Å². The highest BCUT2D eigenvalue weighted by molar-refractivity contribution is 6.56. The fourth-order valence-electron chi connectivity index (χ4n) is 1.56. The lowest BCUT2D eigenvalue weighted by Crippen LogP contribution is -1.88. The molecule has 0 radical (unpaired) electrons. The molecule has 2 aromatic carbocycles. The summed E-state index contributed by atoms with van der Waals surface area (Å²) in [5.74, 6) is 0. The number of hydrogen-bond donors (Lipinski definition) is 0. The van der Waals surface area contributed by atoms with Crippen molar-refractivity contribution in [2.45, 2.75) is 0 Å². The molecule has 0 saturated carbocycles. The van der Waals surface area contributed by atoms with Crippen LogP contribution in [-0.4, -0.2) is 0 Å². The Hall–Kier alpha value is 0.760. The second-order valence-electron chi connectivity index (χ2n) is 3.70. The maximum Gasteiger partial charge on any atom is 0.0809 e. The zero-order valence-corrected chi connectivity index (χ0v) is 15.2. The van der Waals surface area contributed by atoms with E-state index < -0.39 is 0 Å². The standard InChI is InChI=1S/C12H2Cl8/c13-4-1-3(2-5(14)7(4)15)6-8(16)10(18)12(20)11(19)9(6)17/h1-2H. The summed E-state index contributed by atoms with van der Waals surface area (Å²) in [6, 6.07) is 3.12. The first-order valence-corrected chi connectivity index (χ1v) is 7.94. The lowest BCUT2D eigenvalue weighted by molar-refractivity contribution is 1.61. The maximum atomic E-state index is 6.18. The van der Waals surface area contributed by atoms with Gasteiger partial charge in [0.15, 0.2) is 0 Å². The minimum absolute atomic E-state index is 0.0817. The zero-order chi connectivity index (χ0) is 15.2. The van der Waals surface area contributed by atoms with Gasteiger partial charge in [0, 0.05) is 5.56 Å². The van der Waals surface area contributed by atoms with Crippen LogP contribution < -0.4 is 0 Å². The van der Waals surface area contributed by atoms with Crippen LogP contribution in [0.2, 0.25) is 40.2 Å². The van der Waals surface area contributed by atoms with Crippen LogP contribution in [0.15, 0.2) is 12.1 Å². The summed E-state index contributed by atoms with van der Waals surface area (Å²) in [5, 5.41) is 1.32. The van der Waals surface area contributed by atoms with E-state index in [1.54, 1.807) is 12.1 Å². The Kier molecular flexibility index (Phi) is 5.55. The fourth-order valence-corrected chi connectivity index (χ4v) is 3.51. The summed E-state index contributed by atoms with van der Waals surface area (Å²) in [6.07, 6.45) is 0. The second-order valence-corrected chi connectivity index (χ2v) is 6.78. The molecular weight excluding hydrogens is 428 g/mol. The molecule has 0 saturated heterocycles. The Bertz CT molecular complexity index is 655. The third kappa shape index (κ3) is 2.95. The van der Waals surface area contributed by atoms with Gasteiger partial charge in [0.25, 0.3) is 0 Å². The molecule has 2 rings (SSSR count). The highest BCUT2D eigenvalue weighted by Gasteiger charge is 2.21. The van der Waals surface area contributed by atoms with E-state index in [0.717, 1.165) is 0 Å². The fraction of sp³-hybridized carbons (Fsp3) is 0. The van der Waals surface area contributed by atoms with Gasteiger partial charge in [-0.2, -0.15) is 0 Å². The molecule has 0 fully saturated rings. The van der Waals surface area contributed by atoms with Crippen LogP contribution in [0.4, 0.5) is 0 Å². The minimum atomic E-state index is 0.0817. The van der Waals surface area contributed by atoms with Crippen molar-refractivity contribution in [1.29, 1.82) is 0 Å². The van der Waals surface area contributed by atoms with Gasteiger partial charge in [0.05, 0.1) is 40.2 Å². The molecule has 0 N–H and O–H groups in total. The molecule has 0 nitrogen and oxygen atoms in total. The van der Waals surface area contributed by atoms with E-state index >= 15 is 0 Å². The van der Waals surface area contributed by atoms with Crippen LogP contribution in [0.1, 0.15) is 0 Å². The molecule has 0 amide bonds. The van der Waals surface area contributed by atoms with Crippen molar-refractivity contribution in [3.8, 4) is 11.1 Å². The van der Waals surface area contributed by atoms with E-state index in [1.165, 1.54) is 0 Å². The quantitative estimate of drug-likeness (QED) is 0.314. The summed E-state index contributed by atoms with van der Waals surface area (Å²) in [4.78, 5) is 0. The van der Waals surface area contributed by atoms with E-state index in [1.807, 2.05) is 0 Å². The molecule has 0 aromatic heterocycles. The van der Waals surface area contributed by atoms with E-state index in [4.69, 9.17) is 92.8 Å². The highest BCUT2D eigenvalue weighted by Crippen LogP contribution is 2.49. The Morgan fingerprint density at radius 3 is 1.20 bits per heavy atom. The highest BCUT2D eigenvalue weighted by atomic mass is 35.5. The van der Waals surface area contributed by atoms with Gasteiger partial charge in [-0.3, -0.25) is 0 Å². The Labute approximate surface area is 155 Å². The topological polar surface area (TPSA) is 0 Å². The third-order valence-corrected chi connectivity index (χ3v) is 5.96. The number of rotatable bonds is 1. The Morgan fingerprint density at radius 1 is 0.450 bits per heavy atom. The van der Waals surface area contributed by atoms with Crippen molar-refractivity contribution in [3.63, 3.8) is 0 Å². The molecule has 106 valence electrons. The predicted molar refractivity (Wildman–Crippen MR) is 92.0 cm³/mol. The molecule has 0 unspecified atom stereocenters. The van der Waals surface area contributed by atoms with Crippen LogP contribution in [0.5, 0.6) is 0 Å². The summed E-state index contributed by atoms with van der Waals surface area (Å²) in [7, 11) is 0. The van der Waals surface area contributed by atoms with Crippen LogP contribution >= 0.6 is 92.8 Å². The van der Waals surface area contributed by atoms with Gasteiger partial charge in [-0.05, 0) is 17.7 Å². The number of hydrogen-bond acceptors (Lipinski definition) is 0. The van der Waals surface area contributed by atoms with Gasteiger partial charge in [0.2, 0.25) is 0 Å². The summed E-state index contributed by atoms with van der Waals surface area (Å²) in [5.41, 5.74) is 0.910. The van der Waals surface area contributed by atoms with E-state index in [2.05, 4.69) is 0 Å². The molecule has 0 aliphatic heterocycles. The van der Waals surface area contributed by atoms with Crippen molar-refractivity contribution < 1.29 is 0 Å². The minimum Gasteiger partial charge on any atom is -0.0826 e. The molecule has 0 atom stereocenters. The molecule has 0 bridgehead atoms. The smallest absolute Gasteiger partial charge is 0.0809 e. The lowest BCUT2D eigenvalue weighted by atomic mass is 10.1. The molecule has 0 aliphatic carbocycles. The number of benzene rings is 2. The van der Waals surface area contributed by atoms with Crippen LogP contribution in [0, 0.1) is 0 Å². The first-order chi connectivity index (χ1) is 9.25. The van der Waals surface area contributed by atoms with E-state index in [-0.39, 0.29) is 40.2 Å². The summed E-state index contributed by atoms with van der Waals surface area (Å²) in [6.45, 7) is 0. The van der Waals surface area contributed by atoms with Crippen molar-refractivity contribution in [2.75, 3.05) is 0 Å². The molecule has 20 heavy (non-hydrogen) atoms. The first-order valence-electron chi connectivity index (χ1n) is 4.92. The molecule has 2 aromatic rings. The number of halogens is 8. The maximum absolute atomic E-state index is 6.18. The average molecular weight is 430 g/mol. The molecular formula is C12H2Cl8. The Morgan fingerprint density at radius 2 is 0.800 bits per heavy atom. The van der Waals surface area contributed by atoms with Crippen molar-refractivity contribution >= 4 is 92.8 Å². The second kappa shape index (κ2) is 6.48. The zero-order valence-electron chi connectivity index (χ0n) is 9.18. The predicted octanol–water partition coefficient (Wildman–Crippen LogP) is 8.58. The largest absolute Gasteiger partial charge is 0.0826 e. The van der Waals surface area contributed by atoms with Gasteiger partial charge in [-0.15, -0.1) is 0 Å². The average Bonchev–Trinajstić information content (AvgIpc) is 2.40. The van der Waals surface area contributed by atoms with E-state index in [0.29, 0.717) is 11.1 Å². The van der Waals surface area contributed by atoms with Crippen molar-refractivity contribution in [2.24, 2.45) is 0 Å². The molecule has 0 heterocycles. The van der Waals surface area contributed by atoms with Crippen molar-refractivity contribution in [1.82, 2.24) is 0 Å². The van der Waals surface area contributed by atoms with Crippen LogP contribution in [-0.2, 0) is 0 Å². The summed E-state index contributed by atoms with van der Waals surface area (Å²) >= 11 is 48.2. The molecule has 0 aliphatic rings. The lowest BCUT2D eigenvalue weighted by Gasteiger charge is -2.13. The summed E-state index contributed by atoms with van der Waals surface area (Å²) < 4.78 is 0. The molecule has 0 spiro atoms. The van der Waals surface area contributed by atoms with Crippen molar-refractivity contribution in [3.05, 3.63) is 52.3 Å². The monoisotopic (exact) mass is 426 g/mol. The normalized spacial score (nSPS) is 11.0. The van der Waals surface area contributed by atoms with Gasteiger partial charge in [-0.1, -0.05) is 92.8 Å². The third-order valence-electron chi connectivity index (χ3n) is 2.48. The SMILES string of the molecule is Clc1cc(-c2c(Cl)c(Cl)c(Cl)c(Cl)c2Cl)cc(Cl)c1Cl. The van der Waals surface area contributed by atoms with Gasteiger partial charge >= 0.3 is 0 Å². The Balaban J connectivity index is 2.83. The van der Waals surface area contributed by atoms with Crippen LogP contribution in [0.25, 0.3) is 11.1 Å². The van der Waals surface area contributed by atoms with Crippen LogP contribution in [0.3, 0.4) is 0 Å².